The summed E-state index contributed by atoms with van der Waals surface area (Å²) in [5.41, 5.74) is 5.24. The average molecular weight is 308 g/mol. The van der Waals surface area contributed by atoms with Crippen LogP contribution < -0.4 is 16.4 Å². The zero-order valence-corrected chi connectivity index (χ0v) is 14.3. The first kappa shape index (κ1) is 21.5. The highest BCUT2D eigenvalue weighted by Gasteiger charge is 2.26. The minimum atomic E-state index is -0.551. The second-order valence-electron chi connectivity index (χ2n) is 6.23. The molecule has 0 saturated heterocycles. The van der Waals surface area contributed by atoms with Crippen LogP contribution in [0.2, 0.25) is 0 Å². The number of halogens is 1. The molecule has 0 aromatic rings. The van der Waals surface area contributed by atoms with Gasteiger partial charge in [0, 0.05) is 17.5 Å². The Labute approximate surface area is 128 Å². The molecule has 0 spiro atoms. The number of nitrogens with two attached hydrogens (primary N) is 1. The molecule has 0 heterocycles. The summed E-state index contributed by atoms with van der Waals surface area (Å²) in [4.78, 5) is 23.7. The van der Waals surface area contributed by atoms with E-state index >= 15 is 0 Å². The molecule has 0 aliphatic carbocycles. The fourth-order valence-electron chi connectivity index (χ4n) is 1.39. The lowest BCUT2D eigenvalue weighted by Crippen LogP contribution is -2.54. The molecule has 0 aromatic heterocycles. The van der Waals surface area contributed by atoms with Crippen LogP contribution in [-0.4, -0.2) is 29.9 Å². The van der Waals surface area contributed by atoms with Gasteiger partial charge in [-0.25, -0.2) is 0 Å². The molecule has 1 atom stereocenters. The molecule has 0 bridgehead atoms. The zero-order valence-electron chi connectivity index (χ0n) is 13.5. The van der Waals surface area contributed by atoms with Gasteiger partial charge in [-0.1, -0.05) is 34.6 Å². The summed E-state index contributed by atoms with van der Waals surface area (Å²) >= 11 is 0. The van der Waals surface area contributed by atoms with Gasteiger partial charge < -0.3 is 16.4 Å². The van der Waals surface area contributed by atoms with Crippen LogP contribution in [0.1, 0.15) is 54.4 Å². The van der Waals surface area contributed by atoms with Gasteiger partial charge >= 0.3 is 0 Å². The smallest absolute Gasteiger partial charge is 0.242 e. The molecule has 0 aromatic carbocycles. The molecule has 0 aliphatic heterocycles. The van der Waals surface area contributed by atoms with Crippen molar-refractivity contribution in [3.63, 3.8) is 0 Å². The van der Waals surface area contributed by atoms with Crippen molar-refractivity contribution < 1.29 is 9.59 Å². The maximum atomic E-state index is 11.9. The van der Waals surface area contributed by atoms with Gasteiger partial charge in [0.1, 0.15) is 6.04 Å². The van der Waals surface area contributed by atoms with Gasteiger partial charge in [0.2, 0.25) is 11.8 Å². The van der Waals surface area contributed by atoms with Crippen molar-refractivity contribution in [3.8, 4) is 0 Å². The first-order chi connectivity index (χ1) is 8.55. The molecular weight excluding hydrogens is 278 g/mol. The van der Waals surface area contributed by atoms with Crippen molar-refractivity contribution in [1.29, 1.82) is 0 Å². The van der Waals surface area contributed by atoms with Crippen LogP contribution in [0.15, 0.2) is 0 Å². The Morgan fingerprint density at radius 2 is 1.60 bits per heavy atom. The molecule has 1 unspecified atom stereocenters. The highest BCUT2D eigenvalue weighted by molar-refractivity contribution is 5.89. The Hall–Kier alpha value is -0.810. The molecular formula is C14H30ClN3O2. The Morgan fingerprint density at radius 3 is 1.95 bits per heavy atom. The molecule has 0 fully saturated rings. The second-order valence-corrected chi connectivity index (χ2v) is 6.23. The van der Waals surface area contributed by atoms with Crippen molar-refractivity contribution >= 4 is 24.2 Å². The van der Waals surface area contributed by atoms with E-state index < -0.39 is 11.5 Å². The molecule has 0 aliphatic rings. The monoisotopic (exact) mass is 307 g/mol. The van der Waals surface area contributed by atoms with Crippen LogP contribution in [0.5, 0.6) is 0 Å². The third kappa shape index (κ3) is 7.10. The predicted octanol–water partition coefficient (Wildman–Crippen LogP) is 1.59. The number of carbonyl (C=O) groups is 2. The third-order valence-corrected chi connectivity index (χ3v) is 3.44. The lowest BCUT2D eigenvalue weighted by Gasteiger charge is -2.28. The molecule has 120 valence electrons. The number of hydrogen-bond donors (Lipinski definition) is 3. The summed E-state index contributed by atoms with van der Waals surface area (Å²) in [5, 5.41) is 5.50. The van der Waals surface area contributed by atoms with Gasteiger partial charge in [-0.15, -0.1) is 12.4 Å². The molecule has 6 heteroatoms. The highest BCUT2D eigenvalue weighted by Crippen LogP contribution is 2.13. The highest BCUT2D eigenvalue weighted by atomic mass is 35.5. The number of amides is 2. The lowest BCUT2D eigenvalue weighted by atomic mass is 9.94. The first-order valence-electron chi connectivity index (χ1n) is 6.93. The van der Waals surface area contributed by atoms with Crippen LogP contribution in [0.4, 0.5) is 0 Å². The third-order valence-electron chi connectivity index (χ3n) is 3.44. The summed E-state index contributed by atoms with van der Waals surface area (Å²) in [6.07, 6.45) is 1.60. The normalized spacial score (nSPS) is 13.2. The maximum Gasteiger partial charge on any atom is 0.242 e. The molecule has 0 rings (SSSR count). The fourth-order valence-corrected chi connectivity index (χ4v) is 1.39. The quantitative estimate of drug-likeness (QED) is 0.697. The van der Waals surface area contributed by atoms with E-state index in [1.165, 1.54) is 0 Å². The number of rotatable bonds is 6. The molecule has 5 nitrogen and oxygen atoms in total. The van der Waals surface area contributed by atoms with Gasteiger partial charge in [-0.05, 0) is 19.8 Å². The number of carbonyl (C=O) groups excluding carboxylic acids is 2. The van der Waals surface area contributed by atoms with E-state index in [1.807, 2.05) is 34.6 Å². The van der Waals surface area contributed by atoms with Crippen LogP contribution in [0, 0.1) is 5.41 Å². The number of hydrogen-bond acceptors (Lipinski definition) is 3. The molecule has 0 radical (unpaired) electrons. The van der Waals surface area contributed by atoms with E-state index in [0.717, 1.165) is 12.8 Å². The topological polar surface area (TPSA) is 84.2 Å². The SMILES string of the molecule is CCC(N)(CC)CNC(=O)C(C)NC(=O)C(C)(C)C.Cl. The van der Waals surface area contributed by atoms with Crippen molar-refractivity contribution in [1.82, 2.24) is 10.6 Å². The summed E-state index contributed by atoms with van der Waals surface area (Å²) in [6.45, 7) is 11.5. The van der Waals surface area contributed by atoms with Gasteiger partial charge in [0.15, 0.2) is 0 Å². The summed E-state index contributed by atoms with van der Waals surface area (Å²) in [5.74, 6) is -0.338. The van der Waals surface area contributed by atoms with E-state index in [9.17, 15) is 9.59 Å². The van der Waals surface area contributed by atoms with Crippen molar-refractivity contribution in [3.05, 3.63) is 0 Å². The fraction of sp³-hybridized carbons (Fsp3) is 0.857. The lowest BCUT2D eigenvalue weighted by molar-refractivity contribution is -0.133. The van der Waals surface area contributed by atoms with Crippen LogP contribution in [-0.2, 0) is 9.59 Å². The van der Waals surface area contributed by atoms with Gasteiger partial charge in [-0.3, -0.25) is 9.59 Å². The van der Waals surface area contributed by atoms with Crippen LogP contribution in [0.3, 0.4) is 0 Å². The zero-order chi connectivity index (χ0) is 15.3. The van der Waals surface area contributed by atoms with Crippen molar-refractivity contribution in [2.75, 3.05) is 6.54 Å². The molecule has 0 saturated carbocycles. The molecule has 4 N–H and O–H groups in total. The van der Waals surface area contributed by atoms with Gasteiger partial charge in [0.25, 0.3) is 0 Å². The van der Waals surface area contributed by atoms with Gasteiger partial charge in [-0.2, -0.15) is 0 Å². The summed E-state index contributed by atoms with van der Waals surface area (Å²) in [7, 11) is 0. The predicted molar refractivity (Wildman–Crippen MR) is 84.8 cm³/mol. The number of nitrogens with one attached hydrogen (secondary N) is 2. The Bertz CT molecular complexity index is 323. The Morgan fingerprint density at radius 1 is 1.15 bits per heavy atom. The molecule has 2 amide bonds. The van der Waals surface area contributed by atoms with Crippen molar-refractivity contribution in [2.24, 2.45) is 11.1 Å². The molecule has 20 heavy (non-hydrogen) atoms. The van der Waals surface area contributed by atoms with E-state index in [0.29, 0.717) is 6.54 Å². The minimum absolute atomic E-state index is 0. The largest absolute Gasteiger partial charge is 0.352 e. The Balaban J connectivity index is 0. The summed E-state index contributed by atoms with van der Waals surface area (Å²) in [6, 6.07) is -0.551. The Kier molecular flexibility index (Phi) is 9.10. The van der Waals surface area contributed by atoms with Crippen LogP contribution >= 0.6 is 12.4 Å². The first-order valence-corrected chi connectivity index (χ1v) is 6.93. The maximum absolute atomic E-state index is 11.9. The van der Waals surface area contributed by atoms with E-state index in [1.54, 1.807) is 6.92 Å². The van der Waals surface area contributed by atoms with Crippen LogP contribution in [0.25, 0.3) is 0 Å². The average Bonchev–Trinajstić information content (AvgIpc) is 2.34. The van der Waals surface area contributed by atoms with Crippen molar-refractivity contribution in [2.45, 2.75) is 66.0 Å². The van der Waals surface area contributed by atoms with E-state index in [4.69, 9.17) is 5.73 Å². The summed E-state index contributed by atoms with van der Waals surface area (Å²) < 4.78 is 0. The standard InChI is InChI=1S/C14H29N3O2.ClH/c1-7-14(15,8-2)9-16-11(18)10(3)17-12(19)13(4,5)6;/h10H,7-9,15H2,1-6H3,(H,16,18)(H,17,19);1H. The minimum Gasteiger partial charge on any atom is -0.352 e. The second kappa shape index (κ2) is 8.47. The van der Waals surface area contributed by atoms with E-state index in [2.05, 4.69) is 10.6 Å². The van der Waals surface area contributed by atoms with E-state index in [-0.39, 0.29) is 29.8 Å². The van der Waals surface area contributed by atoms with Gasteiger partial charge in [0.05, 0.1) is 0 Å².